The van der Waals surface area contributed by atoms with Crippen molar-refractivity contribution in [1.29, 1.82) is 0 Å². The predicted molar refractivity (Wildman–Crippen MR) is 126 cm³/mol. The maximum absolute atomic E-state index is 10.6. The van der Waals surface area contributed by atoms with Crippen LogP contribution in [0.5, 0.6) is 5.75 Å². The number of benzene rings is 3. The summed E-state index contributed by atoms with van der Waals surface area (Å²) in [6.45, 7) is 1.69. The summed E-state index contributed by atoms with van der Waals surface area (Å²) < 4.78 is 4.25. The van der Waals surface area contributed by atoms with Crippen LogP contribution < -0.4 is 5.32 Å². The van der Waals surface area contributed by atoms with E-state index in [0.717, 1.165) is 42.7 Å². The van der Waals surface area contributed by atoms with Gasteiger partial charge in [0.25, 0.3) is 0 Å². The molecule has 0 aliphatic carbocycles. The fourth-order valence-electron chi connectivity index (χ4n) is 3.73. The molecule has 4 nitrogen and oxygen atoms in total. The van der Waals surface area contributed by atoms with Gasteiger partial charge < -0.3 is 20.1 Å². The number of rotatable bonds is 7. The highest BCUT2D eigenvalue weighted by Crippen LogP contribution is 2.33. The number of aliphatic hydroxyl groups excluding tert-OH is 1. The summed E-state index contributed by atoms with van der Waals surface area (Å²) in [7, 11) is 0. The maximum atomic E-state index is 10.6. The molecule has 0 saturated heterocycles. The van der Waals surface area contributed by atoms with E-state index in [1.807, 2.05) is 30.3 Å². The van der Waals surface area contributed by atoms with Crippen molar-refractivity contribution >= 4 is 53.7 Å². The molecular weight excluding hydrogens is 496 g/mol. The van der Waals surface area contributed by atoms with Gasteiger partial charge in [0.2, 0.25) is 0 Å². The van der Waals surface area contributed by atoms with E-state index < -0.39 is 6.10 Å². The highest BCUT2D eigenvalue weighted by molar-refractivity contribution is 9.10. The van der Waals surface area contributed by atoms with Gasteiger partial charge in [-0.2, -0.15) is 0 Å². The molecule has 0 bridgehead atoms. The molecule has 4 rings (SSSR count). The van der Waals surface area contributed by atoms with Gasteiger partial charge in [-0.1, -0.05) is 50.1 Å². The third-order valence-electron chi connectivity index (χ3n) is 5.12. The minimum atomic E-state index is -0.523. The molecule has 150 valence electrons. The van der Waals surface area contributed by atoms with E-state index in [4.69, 9.17) is 0 Å². The highest BCUT2D eigenvalue weighted by atomic mass is 79.9. The fourth-order valence-corrected chi connectivity index (χ4v) is 4.46. The Hall–Kier alpha value is -1.86. The van der Waals surface area contributed by atoms with Gasteiger partial charge in [0.1, 0.15) is 5.75 Å². The first-order chi connectivity index (χ1) is 14.0. The Balaban J connectivity index is 1.47. The number of hydrogen-bond acceptors (Lipinski definition) is 3. The number of phenols is 1. The van der Waals surface area contributed by atoms with Crippen molar-refractivity contribution in [1.82, 2.24) is 9.88 Å². The van der Waals surface area contributed by atoms with E-state index in [0.29, 0.717) is 25.4 Å². The number of nitrogens with zero attached hydrogens (tertiary/aromatic N) is 1. The minimum absolute atomic E-state index is 0.317. The Bertz CT molecular complexity index is 1100. The lowest BCUT2D eigenvalue weighted by Gasteiger charge is -2.15. The van der Waals surface area contributed by atoms with Crippen LogP contribution in [0.1, 0.15) is 5.56 Å². The zero-order chi connectivity index (χ0) is 20.4. The van der Waals surface area contributed by atoms with Gasteiger partial charge in [-0.3, -0.25) is 0 Å². The smallest absolute Gasteiger partial charge is 0.118 e. The van der Waals surface area contributed by atoms with Crippen molar-refractivity contribution in [2.45, 2.75) is 19.1 Å². The Morgan fingerprint density at radius 1 is 0.897 bits per heavy atom. The SMILES string of the molecule is Oc1ccccc1CCNCC(O)Cn1c2ccc(Br)cc2c2cc(Br)ccc21. The summed E-state index contributed by atoms with van der Waals surface area (Å²) in [5.41, 5.74) is 3.12. The van der Waals surface area contributed by atoms with Crippen LogP contribution in [-0.2, 0) is 13.0 Å². The van der Waals surface area contributed by atoms with Crippen molar-refractivity contribution in [2.24, 2.45) is 0 Å². The molecule has 0 fully saturated rings. The van der Waals surface area contributed by atoms with Crippen LogP contribution >= 0.6 is 31.9 Å². The standard InChI is InChI=1S/C23H22Br2N2O2/c24-16-5-7-21-19(11-16)20-12-17(25)6-8-22(20)27(21)14-18(28)13-26-10-9-15-3-1-2-4-23(15)29/h1-8,11-12,18,26,28-29H,9-10,13-14H2. The molecule has 1 atom stereocenters. The van der Waals surface area contributed by atoms with Gasteiger partial charge in [0, 0.05) is 37.3 Å². The Morgan fingerprint density at radius 3 is 2.14 bits per heavy atom. The number of aromatic hydroxyl groups is 1. The van der Waals surface area contributed by atoms with Crippen LogP contribution in [0.15, 0.2) is 69.6 Å². The summed E-state index contributed by atoms with van der Waals surface area (Å²) in [6.07, 6.45) is 0.196. The molecular formula is C23H22Br2N2O2. The first kappa shape index (κ1) is 20.4. The molecule has 0 radical (unpaired) electrons. The number of halogens is 2. The van der Waals surface area contributed by atoms with Crippen molar-refractivity contribution in [3.63, 3.8) is 0 Å². The molecule has 1 unspecified atom stereocenters. The molecule has 0 amide bonds. The predicted octanol–water partition coefficient (Wildman–Crippen LogP) is 5.22. The Kier molecular flexibility index (Phi) is 6.25. The molecule has 0 spiro atoms. The second-order valence-corrected chi connectivity index (χ2v) is 9.00. The van der Waals surface area contributed by atoms with Gasteiger partial charge >= 0.3 is 0 Å². The largest absolute Gasteiger partial charge is 0.508 e. The zero-order valence-electron chi connectivity index (χ0n) is 15.8. The maximum Gasteiger partial charge on any atom is 0.118 e. The second-order valence-electron chi connectivity index (χ2n) is 7.17. The summed E-state index contributed by atoms with van der Waals surface area (Å²) in [5.74, 6) is 0.317. The van der Waals surface area contributed by atoms with Crippen LogP contribution in [0, 0.1) is 0 Å². The lowest BCUT2D eigenvalue weighted by Crippen LogP contribution is -2.31. The second kappa shape index (κ2) is 8.88. The van der Waals surface area contributed by atoms with Crippen LogP contribution in [0.2, 0.25) is 0 Å². The van der Waals surface area contributed by atoms with Gasteiger partial charge in [-0.05, 0) is 61.0 Å². The average molecular weight is 518 g/mol. The lowest BCUT2D eigenvalue weighted by molar-refractivity contribution is 0.154. The van der Waals surface area contributed by atoms with E-state index in [2.05, 4.69) is 66.0 Å². The zero-order valence-corrected chi connectivity index (χ0v) is 18.9. The topological polar surface area (TPSA) is 57.4 Å². The molecule has 3 aromatic carbocycles. The van der Waals surface area contributed by atoms with Gasteiger partial charge in [-0.15, -0.1) is 0 Å². The molecule has 29 heavy (non-hydrogen) atoms. The third kappa shape index (κ3) is 4.51. The first-order valence-corrected chi connectivity index (χ1v) is 11.1. The minimum Gasteiger partial charge on any atom is -0.508 e. The van der Waals surface area contributed by atoms with Crippen molar-refractivity contribution in [3.05, 3.63) is 75.2 Å². The molecule has 0 aliphatic rings. The Morgan fingerprint density at radius 2 is 1.52 bits per heavy atom. The number of hydrogen-bond donors (Lipinski definition) is 3. The molecule has 1 aromatic heterocycles. The van der Waals surface area contributed by atoms with E-state index in [-0.39, 0.29) is 0 Å². The van der Waals surface area contributed by atoms with E-state index in [1.165, 1.54) is 0 Å². The number of aromatic nitrogens is 1. The Labute approximate surface area is 186 Å². The monoisotopic (exact) mass is 516 g/mol. The van der Waals surface area contributed by atoms with Crippen LogP contribution in [0.4, 0.5) is 0 Å². The highest BCUT2D eigenvalue weighted by Gasteiger charge is 2.14. The van der Waals surface area contributed by atoms with Gasteiger partial charge in [-0.25, -0.2) is 0 Å². The summed E-state index contributed by atoms with van der Waals surface area (Å²) in [4.78, 5) is 0. The number of nitrogens with one attached hydrogen (secondary N) is 1. The normalized spacial score (nSPS) is 12.7. The van der Waals surface area contributed by atoms with Crippen LogP contribution in [-0.4, -0.2) is 34.0 Å². The van der Waals surface area contributed by atoms with Crippen molar-refractivity contribution in [2.75, 3.05) is 13.1 Å². The summed E-state index contributed by atoms with van der Waals surface area (Å²) >= 11 is 7.13. The summed E-state index contributed by atoms with van der Waals surface area (Å²) in [5, 5.41) is 26.1. The first-order valence-electron chi connectivity index (χ1n) is 9.55. The third-order valence-corrected chi connectivity index (χ3v) is 6.11. The van der Waals surface area contributed by atoms with E-state index in [9.17, 15) is 10.2 Å². The van der Waals surface area contributed by atoms with Gasteiger partial charge in [0.05, 0.1) is 12.6 Å². The average Bonchev–Trinajstić information content (AvgIpc) is 2.99. The van der Waals surface area contributed by atoms with E-state index in [1.54, 1.807) is 6.07 Å². The van der Waals surface area contributed by atoms with Crippen LogP contribution in [0.3, 0.4) is 0 Å². The van der Waals surface area contributed by atoms with E-state index >= 15 is 0 Å². The molecule has 0 aliphatic heterocycles. The summed E-state index contributed by atoms with van der Waals surface area (Å²) in [6, 6.07) is 19.8. The van der Waals surface area contributed by atoms with Crippen molar-refractivity contribution in [3.8, 4) is 5.75 Å². The number of para-hydroxylation sites is 1. The van der Waals surface area contributed by atoms with Crippen molar-refractivity contribution < 1.29 is 10.2 Å². The lowest BCUT2D eigenvalue weighted by atomic mass is 10.1. The van der Waals surface area contributed by atoms with Crippen LogP contribution in [0.25, 0.3) is 21.8 Å². The quantitative estimate of drug-likeness (QED) is 0.295. The number of phenolic OH excluding ortho intramolecular Hbond substituents is 1. The fraction of sp³-hybridized carbons (Fsp3) is 0.217. The molecule has 6 heteroatoms. The number of aliphatic hydroxyl groups is 1. The molecule has 4 aromatic rings. The number of fused-ring (bicyclic) bond motifs is 3. The molecule has 1 heterocycles. The van der Waals surface area contributed by atoms with Gasteiger partial charge in [0.15, 0.2) is 0 Å². The molecule has 3 N–H and O–H groups in total. The molecule has 0 saturated carbocycles.